The number of hydrogen-bond acceptors (Lipinski definition) is 5. The van der Waals surface area contributed by atoms with Crippen LogP contribution in [0.15, 0.2) is 48.5 Å². The van der Waals surface area contributed by atoms with Gasteiger partial charge in [-0.15, -0.1) is 0 Å². The van der Waals surface area contributed by atoms with Crippen molar-refractivity contribution < 1.29 is 19.1 Å². The summed E-state index contributed by atoms with van der Waals surface area (Å²) in [6.07, 6.45) is -0.164. The summed E-state index contributed by atoms with van der Waals surface area (Å²) >= 11 is 0. The summed E-state index contributed by atoms with van der Waals surface area (Å²) in [5.41, 5.74) is 2.90. The topological polar surface area (TPSA) is 59.1 Å². The Bertz CT molecular complexity index is 840. The van der Waals surface area contributed by atoms with Crippen LogP contribution < -0.4 is 9.64 Å². The molecule has 0 aliphatic carbocycles. The van der Waals surface area contributed by atoms with Crippen LogP contribution in [0.4, 0.5) is 5.69 Å². The number of hydrogen-bond donors (Lipinski definition) is 0. The molecular weight excluding hydrogens is 368 g/mol. The average molecular weight is 396 g/mol. The van der Waals surface area contributed by atoms with Crippen molar-refractivity contribution in [2.75, 3.05) is 37.7 Å². The maximum atomic E-state index is 12.5. The second-order valence-corrected chi connectivity index (χ2v) is 7.47. The zero-order chi connectivity index (χ0) is 20.8. The SMILES string of the molecule is Cc1cccc(N2CCN(C(=O)COc3ccc(C(=O)OC(C)C)cc3)CC2)c1. The predicted molar refractivity (Wildman–Crippen MR) is 112 cm³/mol. The van der Waals surface area contributed by atoms with E-state index in [4.69, 9.17) is 9.47 Å². The van der Waals surface area contributed by atoms with Gasteiger partial charge in [-0.1, -0.05) is 12.1 Å². The van der Waals surface area contributed by atoms with E-state index in [-0.39, 0.29) is 24.6 Å². The molecule has 1 amide bonds. The van der Waals surface area contributed by atoms with Gasteiger partial charge >= 0.3 is 5.97 Å². The fourth-order valence-corrected chi connectivity index (χ4v) is 3.24. The van der Waals surface area contributed by atoms with Crippen LogP contribution in [-0.2, 0) is 9.53 Å². The fourth-order valence-electron chi connectivity index (χ4n) is 3.24. The number of carbonyl (C=O) groups is 2. The summed E-state index contributed by atoms with van der Waals surface area (Å²) in [4.78, 5) is 28.5. The van der Waals surface area contributed by atoms with Crippen LogP contribution in [0.25, 0.3) is 0 Å². The molecule has 6 heteroatoms. The Hall–Kier alpha value is -3.02. The number of carbonyl (C=O) groups excluding carboxylic acids is 2. The number of anilines is 1. The molecule has 1 fully saturated rings. The Kier molecular flexibility index (Phi) is 6.75. The van der Waals surface area contributed by atoms with Crippen LogP contribution in [0.1, 0.15) is 29.8 Å². The summed E-state index contributed by atoms with van der Waals surface area (Å²) in [6, 6.07) is 15.1. The molecule has 154 valence electrons. The van der Waals surface area contributed by atoms with E-state index in [1.807, 2.05) is 18.7 Å². The van der Waals surface area contributed by atoms with Gasteiger partial charge in [-0.05, 0) is 62.7 Å². The van der Waals surface area contributed by atoms with Crippen LogP contribution in [0, 0.1) is 6.92 Å². The molecule has 0 saturated carbocycles. The number of nitrogens with zero attached hydrogens (tertiary/aromatic N) is 2. The molecule has 0 spiro atoms. The molecular formula is C23H28N2O4. The van der Waals surface area contributed by atoms with E-state index in [2.05, 4.69) is 36.1 Å². The molecule has 1 aliphatic heterocycles. The molecule has 2 aromatic carbocycles. The van der Waals surface area contributed by atoms with Crippen molar-refractivity contribution >= 4 is 17.6 Å². The van der Waals surface area contributed by atoms with Crippen molar-refractivity contribution in [3.8, 4) is 5.75 Å². The number of ether oxygens (including phenoxy) is 2. The zero-order valence-corrected chi connectivity index (χ0v) is 17.3. The lowest BCUT2D eigenvalue weighted by Crippen LogP contribution is -2.50. The molecule has 1 aliphatic rings. The van der Waals surface area contributed by atoms with Crippen LogP contribution in [-0.4, -0.2) is 55.7 Å². The molecule has 29 heavy (non-hydrogen) atoms. The largest absolute Gasteiger partial charge is 0.484 e. The summed E-state index contributed by atoms with van der Waals surface area (Å²) < 4.78 is 10.8. The highest BCUT2D eigenvalue weighted by atomic mass is 16.5. The number of aryl methyl sites for hydroxylation is 1. The molecule has 0 unspecified atom stereocenters. The normalized spacial score (nSPS) is 14.1. The van der Waals surface area contributed by atoms with Crippen molar-refractivity contribution in [1.29, 1.82) is 0 Å². The van der Waals surface area contributed by atoms with Crippen molar-refractivity contribution in [3.05, 3.63) is 59.7 Å². The molecule has 0 N–H and O–H groups in total. The quantitative estimate of drug-likeness (QED) is 0.702. The molecule has 1 heterocycles. The smallest absolute Gasteiger partial charge is 0.338 e. The van der Waals surface area contributed by atoms with Gasteiger partial charge in [-0.2, -0.15) is 0 Å². The van der Waals surface area contributed by atoms with E-state index in [9.17, 15) is 9.59 Å². The minimum absolute atomic E-state index is 0.0137. The number of esters is 1. The molecule has 6 nitrogen and oxygen atoms in total. The summed E-state index contributed by atoms with van der Waals surface area (Å²) in [5.74, 6) is 0.157. The fraction of sp³-hybridized carbons (Fsp3) is 0.391. The molecule has 1 saturated heterocycles. The first-order valence-electron chi connectivity index (χ1n) is 9.95. The van der Waals surface area contributed by atoms with Crippen molar-refractivity contribution in [2.45, 2.75) is 26.9 Å². The minimum atomic E-state index is -0.367. The lowest BCUT2D eigenvalue weighted by atomic mass is 10.2. The standard InChI is InChI=1S/C23H28N2O4/c1-17(2)29-23(27)19-7-9-21(10-8-19)28-16-22(26)25-13-11-24(12-14-25)20-6-4-5-18(3)15-20/h4-10,15,17H,11-14,16H2,1-3H3. The van der Waals surface area contributed by atoms with Gasteiger partial charge in [0.05, 0.1) is 11.7 Å². The Morgan fingerprint density at radius 2 is 1.69 bits per heavy atom. The van der Waals surface area contributed by atoms with Gasteiger partial charge in [-0.3, -0.25) is 4.79 Å². The minimum Gasteiger partial charge on any atom is -0.484 e. The second kappa shape index (κ2) is 9.45. The molecule has 2 aromatic rings. The maximum Gasteiger partial charge on any atom is 0.338 e. The lowest BCUT2D eigenvalue weighted by molar-refractivity contribution is -0.133. The molecule has 0 radical (unpaired) electrons. The van der Waals surface area contributed by atoms with Gasteiger partial charge in [0.1, 0.15) is 5.75 Å². The number of benzene rings is 2. The third-order valence-corrected chi connectivity index (χ3v) is 4.79. The van der Waals surface area contributed by atoms with Gasteiger partial charge in [0.25, 0.3) is 5.91 Å². The van der Waals surface area contributed by atoms with E-state index >= 15 is 0 Å². The van der Waals surface area contributed by atoms with Crippen LogP contribution in [0.3, 0.4) is 0 Å². The van der Waals surface area contributed by atoms with Gasteiger partial charge in [-0.25, -0.2) is 4.79 Å². The lowest BCUT2D eigenvalue weighted by Gasteiger charge is -2.36. The number of rotatable bonds is 6. The van der Waals surface area contributed by atoms with E-state index < -0.39 is 0 Å². The van der Waals surface area contributed by atoms with Gasteiger partial charge in [0.2, 0.25) is 0 Å². The Morgan fingerprint density at radius 3 is 2.31 bits per heavy atom. The number of amides is 1. The summed E-state index contributed by atoms with van der Waals surface area (Å²) in [5, 5.41) is 0. The molecule has 0 bridgehead atoms. The molecule has 3 rings (SSSR count). The van der Waals surface area contributed by atoms with Crippen LogP contribution in [0.5, 0.6) is 5.75 Å². The monoisotopic (exact) mass is 396 g/mol. The summed E-state index contributed by atoms with van der Waals surface area (Å²) in [7, 11) is 0. The van der Waals surface area contributed by atoms with Crippen molar-refractivity contribution in [3.63, 3.8) is 0 Å². The van der Waals surface area contributed by atoms with Crippen molar-refractivity contribution in [1.82, 2.24) is 4.90 Å². The van der Waals surface area contributed by atoms with E-state index in [0.717, 1.165) is 13.1 Å². The maximum absolute atomic E-state index is 12.5. The highest BCUT2D eigenvalue weighted by molar-refractivity contribution is 5.89. The summed E-state index contributed by atoms with van der Waals surface area (Å²) in [6.45, 7) is 8.65. The third kappa shape index (κ3) is 5.73. The Balaban J connectivity index is 1.46. The first-order chi connectivity index (χ1) is 13.9. The number of piperazine rings is 1. The molecule has 0 aromatic heterocycles. The van der Waals surface area contributed by atoms with Crippen LogP contribution in [0.2, 0.25) is 0 Å². The highest BCUT2D eigenvalue weighted by Crippen LogP contribution is 2.18. The first kappa shape index (κ1) is 20.7. The second-order valence-electron chi connectivity index (χ2n) is 7.47. The Labute approximate surface area is 172 Å². The van der Waals surface area contributed by atoms with Gasteiger partial charge < -0.3 is 19.3 Å². The zero-order valence-electron chi connectivity index (χ0n) is 17.3. The van der Waals surface area contributed by atoms with Gasteiger partial charge in [0.15, 0.2) is 6.61 Å². The highest BCUT2D eigenvalue weighted by Gasteiger charge is 2.21. The van der Waals surface area contributed by atoms with E-state index in [0.29, 0.717) is 24.4 Å². The van der Waals surface area contributed by atoms with Crippen molar-refractivity contribution in [2.24, 2.45) is 0 Å². The van der Waals surface area contributed by atoms with Crippen LogP contribution >= 0.6 is 0 Å². The predicted octanol–water partition coefficient (Wildman–Crippen LogP) is 3.29. The first-order valence-corrected chi connectivity index (χ1v) is 9.95. The third-order valence-electron chi connectivity index (χ3n) is 4.79. The van der Waals surface area contributed by atoms with E-state index in [1.54, 1.807) is 24.3 Å². The van der Waals surface area contributed by atoms with E-state index in [1.165, 1.54) is 11.3 Å². The molecule has 0 atom stereocenters. The average Bonchev–Trinajstić information content (AvgIpc) is 2.72. The Morgan fingerprint density at radius 1 is 1.00 bits per heavy atom. The van der Waals surface area contributed by atoms with Gasteiger partial charge in [0, 0.05) is 31.9 Å².